The highest BCUT2D eigenvalue weighted by Gasteiger charge is 2.19. The zero-order valence-electron chi connectivity index (χ0n) is 11.9. The molecule has 0 unspecified atom stereocenters. The number of nitrogens with zero attached hydrogens (tertiary/aromatic N) is 1. The number of hydrogen-bond acceptors (Lipinski definition) is 2. The van der Waals surface area contributed by atoms with E-state index in [4.69, 9.17) is 0 Å². The van der Waals surface area contributed by atoms with Crippen LogP contribution in [0.25, 0.3) is 0 Å². The number of rotatable bonds is 4. The van der Waals surface area contributed by atoms with Crippen molar-refractivity contribution in [2.24, 2.45) is 0 Å². The molecular formula is C16H26N2. The number of nitrogens with one attached hydrogen (secondary N) is 1. The van der Waals surface area contributed by atoms with Crippen LogP contribution in [0.4, 0.5) is 0 Å². The van der Waals surface area contributed by atoms with Crippen molar-refractivity contribution < 1.29 is 0 Å². The van der Waals surface area contributed by atoms with Crippen molar-refractivity contribution in [2.75, 3.05) is 13.1 Å². The highest BCUT2D eigenvalue weighted by Crippen LogP contribution is 2.13. The van der Waals surface area contributed by atoms with Gasteiger partial charge in [-0.25, -0.2) is 0 Å². The molecule has 2 nitrogen and oxygen atoms in total. The van der Waals surface area contributed by atoms with Crippen LogP contribution in [0.5, 0.6) is 0 Å². The van der Waals surface area contributed by atoms with Crippen LogP contribution >= 0.6 is 0 Å². The average molecular weight is 246 g/mol. The molecule has 0 radical (unpaired) electrons. The fraction of sp³-hybridized carbons (Fsp3) is 0.625. The lowest BCUT2D eigenvalue weighted by Gasteiger charge is -2.35. The molecule has 0 bridgehead atoms. The molecule has 0 amide bonds. The molecule has 1 N–H and O–H groups in total. The lowest BCUT2D eigenvalue weighted by atomic mass is 10.0. The Morgan fingerprint density at radius 1 is 1.28 bits per heavy atom. The number of aryl methyl sites for hydroxylation is 1. The largest absolute Gasteiger partial charge is 0.310 e. The van der Waals surface area contributed by atoms with Gasteiger partial charge >= 0.3 is 0 Å². The first-order valence-corrected chi connectivity index (χ1v) is 7.18. The van der Waals surface area contributed by atoms with Crippen molar-refractivity contribution >= 4 is 0 Å². The van der Waals surface area contributed by atoms with Crippen molar-refractivity contribution in [1.29, 1.82) is 0 Å². The van der Waals surface area contributed by atoms with Gasteiger partial charge in [0, 0.05) is 18.6 Å². The Morgan fingerprint density at radius 3 is 2.61 bits per heavy atom. The van der Waals surface area contributed by atoms with Gasteiger partial charge in [-0.3, -0.25) is 0 Å². The first kappa shape index (κ1) is 13.6. The highest BCUT2D eigenvalue weighted by molar-refractivity contribution is 5.22. The smallest absolute Gasteiger partial charge is 0.0208 e. The van der Waals surface area contributed by atoms with E-state index >= 15 is 0 Å². The number of benzene rings is 1. The Hall–Kier alpha value is -0.860. The number of hydrogen-bond donors (Lipinski definition) is 1. The molecule has 0 aromatic heterocycles. The van der Waals surface area contributed by atoms with E-state index in [1.54, 1.807) is 0 Å². The summed E-state index contributed by atoms with van der Waals surface area (Å²) in [6.07, 6.45) is 2.56. The van der Waals surface area contributed by atoms with Gasteiger partial charge in [0.2, 0.25) is 0 Å². The SMILES string of the molecule is Cc1cccc(CNC2CCN(C(C)C)CC2)c1. The normalized spacial score (nSPS) is 18.4. The Labute approximate surface area is 111 Å². The van der Waals surface area contributed by atoms with Crippen LogP contribution in [0, 0.1) is 6.92 Å². The van der Waals surface area contributed by atoms with E-state index in [1.807, 2.05) is 0 Å². The molecule has 1 aromatic rings. The Kier molecular flexibility index (Phi) is 4.79. The second-order valence-electron chi connectivity index (χ2n) is 5.77. The molecule has 1 aromatic carbocycles. The molecule has 1 fully saturated rings. The fourth-order valence-electron chi connectivity index (χ4n) is 2.70. The summed E-state index contributed by atoms with van der Waals surface area (Å²) in [5.41, 5.74) is 2.75. The van der Waals surface area contributed by atoms with Gasteiger partial charge in [-0.1, -0.05) is 29.8 Å². The van der Waals surface area contributed by atoms with Crippen LogP contribution in [-0.4, -0.2) is 30.1 Å². The second-order valence-corrected chi connectivity index (χ2v) is 5.77. The minimum atomic E-state index is 0.695. The summed E-state index contributed by atoms with van der Waals surface area (Å²) in [7, 11) is 0. The molecule has 0 saturated carbocycles. The standard InChI is InChI=1S/C16H26N2/c1-13(2)18-9-7-16(8-10-18)17-12-15-6-4-5-14(3)11-15/h4-6,11,13,16-17H,7-10,12H2,1-3H3. The Morgan fingerprint density at radius 2 is 2.00 bits per heavy atom. The molecule has 0 aliphatic carbocycles. The minimum Gasteiger partial charge on any atom is -0.310 e. The molecule has 2 rings (SSSR count). The molecule has 0 spiro atoms. The summed E-state index contributed by atoms with van der Waals surface area (Å²) in [5.74, 6) is 0. The number of piperidine rings is 1. The first-order chi connectivity index (χ1) is 8.65. The monoisotopic (exact) mass is 246 g/mol. The third-order valence-corrected chi connectivity index (χ3v) is 3.94. The van der Waals surface area contributed by atoms with Gasteiger partial charge in [0.15, 0.2) is 0 Å². The number of likely N-dealkylation sites (tertiary alicyclic amines) is 1. The predicted molar refractivity (Wildman–Crippen MR) is 77.7 cm³/mol. The van der Waals surface area contributed by atoms with Crippen LogP contribution in [0.1, 0.15) is 37.8 Å². The molecule has 2 heteroatoms. The van der Waals surface area contributed by atoms with E-state index in [9.17, 15) is 0 Å². The maximum absolute atomic E-state index is 3.70. The molecule has 1 saturated heterocycles. The average Bonchev–Trinajstić information content (AvgIpc) is 2.37. The summed E-state index contributed by atoms with van der Waals surface area (Å²) in [6, 6.07) is 10.2. The van der Waals surface area contributed by atoms with Crippen molar-refractivity contribution in [3.8, 4) is 0 Å². The van der Waals surface area contributed by atoms with Gasteiger partial charge in [0.25, 0.3) is 0 Å². The topological polar surface area (TPSA) is 15.3 Å². The van der Waals surface area contributed by atoms with E-state index in [-0.39, 0.29) is 0 Å². The molecule has 1 aliphatic rings. The minimum absolute atomic E-state index is 0.695. The van der Waals surface area contributed by atoms with E-state index in [1.165, 1.54) is 37.1 Å². The van der Waals surface area contributed by atoms with E-state index in [0.717, 1.165) is 6.54 Å². The molecule has 1 aliphatic heterocycles. The zero-order valence-corrected chi connectivity index (χ0v) is 11.9. The highest BCUT2D eigenvalue weighted by atomic mass is 15.2. The van der Waals surface area contributed by atoms with Crippen molar-refractivity contribution in [3.63, 3.8) is 0 Å². The molecule has 0 atom stereocenters. The summed E-state index contributed by atoms with van der Waals surface area (Å²) in [5, 5.41) is 3.70. The van der Waals surface area contributed by atoms with Gasteiger partial charge in [-0.15, -0.1) is 0 Å². The van der Waals surface area contributed by atoms with E-state index in [2.05, 4.69) is 55.3 Å². The predicted octanol–water partition coefficient (Wildman–Crippen LogP) is 2.96. The van der Waals surface area contributed by atoms with Crippen LogP contribution in [0.2, 0.25) is 0 Å². The third-order valence-electron chi connectivity index (χ3n) is 3.94. The Balaban J connectivity index is 1.75. The van der Waals surface area contributed by atoms with Crippen LogP contribution in [-0.2, 0) is 6.54 Å². The summed E-state index contributed by atoms with van der Waals surface area (Å²) < 4.78 is 0. The van der Waals surface area contributed by atoms with Gasteiger partial charge < -0.3 is 10.2 Å². The summed E-state index contributed by atoms with van der Waals surface area (Å²) in [6.45, 7) is 10.2. The summed E-state index contributed by atoms with van der Waals surface area (Å²) in [4.78, 5) is 2.57. The molecule has 1 heterocycles. The van der Waals surface area contributed by atoms with Gasteiger partial charge in [0.1, 0.15) is 0 Å². The molecular weight excluding hydrogens is 220 g/mol. The maximum atomic E-state index is 3.70. The molecule has 100 valence electrons. The fourth-order valence-corrected chi connectivity index (χ4v) is 2.70. The van der Waals surface area contributed by atoms with Crippen LogP contribution in [0.15, 0.2) is 24.3 Å². The van der Waals surface area contributed by atoms with Gasteiger partial charge in [-0.2, -0.15) is 0 Å². The van der Waals surface area contributed by atoms with E-state index in [0.29, 0.717) is 12.1 Å². The van der Waals surface area contributed by atoms with Crippen molar-refractivity contribution in [1.82, 2.24) is 10.2 Å². The lowest BCUT2D eigenvalue weighted by molar-refractivity contribution is 0.161. The van der Waals surface area contributed by atoms with Gasteiger partial charge in [-0.05, 0) is 52.3 Å². The van der Waals surface area contributed by atoms with Crippen molar-refractivity contribution in [2.45, 2.75) is 52.2 Å². The quantitative estimate of drug-likeness (QED) is 0.878. The van der Waals surface area contributed by atoms with Crippen LogP contribution < -0.4 is 5.32 Å². The summed E-state index contributed by atoms with van der Waals surface area (Å²) >= 11 is 0. The molecule has 18 heavy (non-hydrogen) atoms. The van der Waals surface area contributed by atoms with Gasteiger partial charge in [0.05, 0.1) is 0 Å². The zero-order chi connectivity index (χ0) is 13.0. The maximum Gasteiger partial charge on any atom is 0.0208 e. The van der Waals surface area contributed by atoms with E-state index < -0.39 is 0 Å². The first-order valence-electron chi connectivity index (χ1n) is 7.18. The van der Waals surface area contributed by atoms with Crippen LogP contribution in [0.3, 0.4) is 0 Å². The Bertz CT molecular complexity index is 365. The third kappa shape index (κ3) is 3.82. The lowest BCUT2D eigenvalue weighted by Crippen LogP contribution is -2.44. The van der Waals surface area contributed by atoms with Crippen molar-refractivity contribution in [3.05, 3.63) is 35.4 Å². The second kappa shape index (κ2) is 6.35.